The fourth-order valence-electron chi connectivity index (χ4n) is 10.7. The molecule has 302 valence electrons. The molecule has 2 saturated carbocycles. The van der Waals surface area contributed by atoms with Crippen molar-refractivity contribution >= 4 is 45.9 Å². The lowest BCUT2D eigenvalue weighted by molar-refractivity contribution is 0.440. The van der Waals surface area contributed by atoms with Crippen LogP contribution in [0, 0.1) is 22.7 Å². The van der Waals surface area contributed by atoms with Crippen molar-refractivity contribution in [1.82, 2.24) is 0 Å². The van der Waals surface area contributed by atoms with E-state index in [0.717, 1.165) is 85.4 Å². The average Bonchev–Trinajstić information content (AvgIpc) is 3.34. The van der Waals surface area contributed by atoms with Gasteiger partial charge < -0.3 is 14.5 Å². The van der Waals surface area contributed by atoms with Crippen molar-refractivity contribution in [2.75, 3.05) is 9.80 Å². The van der Waals surface area contributed by atoms with Crippen LogP contribution in [-0.2, 0) is 0 Å². The molecule has 62 heavy (non-hydrogen) atoms. The first-order valence-electron chi connectivity index (χ1n) is 22.3. The summed E-state index contributed by atoms with van der Waals surface area (Å²) in [5.74, 6) is 2.15. The van der Waals surface area contributed by atoms with E-state index in [1.54, 1.807) is 0 Å². The highest BCUT2D eigenvalue weighted by molar-refractivity contribution is 7.99. The number of ether oxygens (including phenoxy) is 1. The molecule has 0 radical (unpaired) electrons. The summed E-state index contributed by atoms with van der Waals surface area (Å²) >= 11 is 1.85. The Hall–Kier alpha value is -6.73. The first-order valence-corrected chi connectivity index (χ1v) is 23.1. The molecule has 7 aromatic carbocycles. The fraction of sp³-hybridized carbons (Fsp3) is 0.214. The minimum atomic E-state index is 0.236. The van der Waals surface area contributed by atoms with E-state index in [1.165, 1.54) is 67.6 Å². The first-order chi connectivity index (χ1) is 30.7. The zero-order valence-corrected chi connectivity index (χ0v) is 35.5. The Balaban J connectivity index is 1.40. The predicted octanol–water partition coefficient (Wildman–Crippen LogP) is 16.4. The Bertz CT molecular complexity index is 2640. The topological polar surface area (TPSA) is 63.3 Å². The molecular formula is C56H46N4OS. The highest BCUT2D eigenvalue weighted by Gasteiger charge is 2.41. The Morgan fingerprint density at radius 2 is 0.823 bits per heavy atom. The van der Waals surface area contributed by atoms with Gasteiger partial charge in [-0.3, -0.25) is 0 Å². The number of para-hydroxylation sites is 6. The number of hydrogen-bond acceptors (Lipinski definition) is 6. The number of fused-ring (bicyclic) bond motifs is 4. The quantitative estimate of drug-likeness (QED) is 0.166. The number of anilines is 6. The van der Waals surface area contributed by atoms with Gasteiger partial charge in [-0.05, 0) is 127 Å². The molecule has 2 fully saturated rings. The summed E-state index contributed by atoms with van der Waals surface area (Å²) in [6.45, 7) is 0. The smallest absolute Gasteiger partial charge is 0.151 e. The lowest BCUT2D eigenvalue weighted by Crippen LogP contribution is -2.26. The molecule has 2 heterocycles. The van der Waals surface area contributed by atoms with Crippen LogP contribution in [-0.4, -0.2) is 0 Å². The second-order valence-electron chi connectivity index (χ2n) is 17.1. The van der Waals surface area contributed by atoms with Gasteiger partial charge in [0.25, 0.3) is 0 Å². The molecule has 0 spiro atoms. The van der Waals surface area contributed by atoms with Crippen LogP contribution in [0.3, 0.4) is 0 Å². The van der Waals surface area contributed by atoms with Crippen LogP contribution in [0.2, 0.25) is 0 Å². The Labute approximate surface area is 368 Å². The minimum Gasteiger partial charge on any atom is -0.453 e. The zero-order valence-electron chi connectivity index (χ0n) is 34.7. The summed E-state index contributed by atoms with van der Waals surface area (Å²) in [6, 6.07) is 56.5. The number of nitrogens with zero attached hydrogens (tertiary/aromatic N) is 4. The van der Waals surface area contributed by atoms with Gasteiger partial charge in [-0.1, -0.05) is 123 Å². The van der Waals surface area contributed by atoms with Gasteiger partial charge in [0, 0.05) is 26.5 Å². The molecule has 0 N–H and O–H groups in total. The Morgan fingerprint density at radius 3 is 1.27 bits per heavy atom. The molecule has 4 aliphatic rings. The Morgan fingerprint density at radius 1 is 0.435 bits per heavy atom. The maximum absolute atomic E-state index is 10.1. The molecule has 2 aliphatic heterocycles. The van der Waals surface area contributed by atoms with Crippen molar-refractivity contribution in [3.8, 4) is 45.9 Å². The normalized spacial score (nSPS) is 15.9. The average molecular weight is 823 g/mol. The van der Waals surface area contributed by atoms with E-state index < -0.39 is 0 Å². The van der Waals surface area contributed by atoms with E-state index in [0.29, 0.717) is 11.1 Å². The van der Waals surface area contributed by atoms with Crippen LogP contribution in [0.1, 0.15) is 98.3 Å². The third-order valence-corrected chi connectivity index (χ3v) is 14.6. The van der Waals surface area contributed by atoms with Crippen LogP contribution in [0.25, 0.3) is 22.3 Å². The SMILES string of the molecule is N#Cc1ccc(-c2c(C3CCCCC3)c(-c3ccc(C#N)cc3)c(N3c4ccccc4Sc4ccccc43)c(C3CCCCC3)c2N2c3ccccc3Oc3ccccc32)cc1. The van der Waals surface area contributed by atoms with Crippen molar-refractivity contribution in [3.05, 3.63) is 168 Å². The molecule has 6 heteroatoms. The highest BCUT2D eigenvalue weighted by Crippen LogP contribution is 2.64. The number of rotatable bonds is 6. The van der Waals surface area contributed by atoms with Crippen molar-refractivity contribution in [2.24, 2.45) is 0 Å². The van der Waals surface area contributed by atoms with Crippen molar-refractivity contribution in [3.63, 3.8) is 0 Å². The third kappa shape index (κ3) is 6.53. The van der Waals surface area contributed by atoms with Gasteiger partial charge in [-0.15, -0.1) is 0 Å². The molecule has 0 aromatic heterocycles. The molecule has 0 unspecified atom stereocenters. The number of benzene rings is 7. The van der Waals surface area contributed by atoms with E-state index >= 15 is 0 Å². The Kier molecular flexibility index (Phi) is 10.0. The first kappa shape index (κ1) is 38.2. The lowest BCUT2D eigenvalue weighted by Gasteiger charge is -2.44. The van der Waals surface area contributed by atoms with Gasteiger partial charge in [0.2, 0.25) is 0 Å². The van der Waals surface area contributed by atoms with E-state index in [-0.39, 0.29) is 11.8 Å². The van der Waals surface area contributed by atoms with E-state index in [4.69, 9.17) is 4.74 Å². The molecule has 0 atom stereocenters. The van der Waals surface area contributed by atoms with Crippen LogP contribution in [0.15, 0.2) is 155 Å². The third-order valence-electron chi connectivity index (χ3n) is 13.5. The monoisotopic (exact) mass is 822 g/mol. The zero-order chi connectivity index (χ0) is 41.6. The van der Waals surface area contributed by atoms with E-state index in [2.05, 4.69) is 143 Å². The van der Waals surface area contributed by atoms with Gasteiger partial charge >= 0.3 is 0 Å². The molecule has 0 saturated heterocycles. The van der Waals surface area contributed by atoms with Gasteiger partial charge in [0.15, 0.2) is 11.5 Å². The molecular weight excluding hydrogens is 777 g/mol. The minimum absolute atomic E-state index is 0.236. The number of hydrogen-bond donors (Lipinski definition) is 0. The van der Waals surface area contributed by atoms with E-state index in [1.807, 2.05) is 36.0 Å². The number of nitriles is 2. The molecule has 0 amide bonds. The van der Waals surface area contributed by atoms with Gasteiger partial charge in [-0.25, -0.2) is 0 Å². The van der Waals surface area contributed by atoms with Crippen LogP contribution in [0.5, 0.6) is 11.5 Å². The fourth-order valence-corrected chi connectivity index (χ4v) is 11.8. The second-order valence-corrected chi connectivity index (χ2v) is 18.2. The maximum Gasteiger partial charge on any atom is 0.151 e. The van der Waals surface area contributed by atoms with Crippen LogP contribution in [0.4, 0.5) is 34.1 Å². The standard InChI is InChI=1S/C56H46N4OS/c57-35-37-27-31-41(32-28-37)52-51(39-15-3-1-4-16-39)53(42-33-29-38(36-58)30-34-42)56(60-45-21-9-13-25-49(45)62-50-26-14-10-22-46(50)60)54(40-17-5-2-6-18-40)55(52)59-43-19-7-11-23-47(43)61-48-24-12-8-20-44(48)59/h7-14,19-34,39-40H,1-6,15-18H2. The summed E-state index contributed by atoms with van der Waals surface area (Å²) in [7, 11) is 0. The largest absolute Gasteiger partial charge is 0.453 e. The summed E-state index contributed by atoms with van der Waals surface area (Å²) in [5, 5.41) is 20.2. The molecule has 0 bridgehead atoms. The molecule has 2 aliphatic carbocycles. The maximum atomic E-state index is 10.1. The van der Waals surface area contributed by atoms with Crippen molar-refractivity contribution in [2.45, 2.75) is 85.8 Å². The molecule has 5 nitrogen and oxygen atoms in total. The van der Waals surface area contributed by atoms with Gasteiger partial charge in [0.05, 0.1) is 57.4 Å². The van der Waals surface area contributed by atoms with Gasteiger partial charge in [0.1, 0.15) is 0 Å². The molecule has 11 rings (SSSR count). The van der Waals surface area contributed by atoms with Crippen molar-refractivity contribution in [1.29, 1.82) is 10.5 Å². The second kappa shape index (κ2) is 16.3. The summed E-state index contributed by atoms with van der Waals surface area (Å²) < 4.78 is 6.77. The van der Waals surface area contributed by atoms with E-state index in [9.17, 15) is 10.5 Å². The summed E-state index contributed by atoms with van der Waals surface area (Å²) in [6.07, 6.45) is 11.4. The van der Waals surface area contributed by atoms with Crippen LogP contribution < -0.4 is 14.5 Å². The highest BCUT2D eigenvalue weighted by atomic mass is 32.2. The van der Waals surface area contributed by atoms with Gasteiger partial charge in [-0.2, -0.15) is 10.5 Å². The van der Waals surface area contributed by atoms with Crippen molar-refractivity contribution < 1.29 is 4.74 Å². The summed E-state index contributed by atoms with van der Waals surface area (Å²) in [4.78, 5) is 7.62. The summed E-state index contributed by atoms with van der Waals surface area (Å²) in [5.41, 5.74) is 15.5. The predicted molar refractivity (Wildman–Crippen MR) is 252 cm³/mol. The lowest BCUT2D eigenvalue weighted by atomic mass is 9.71. The molecule has 7 aromatic rings. The van der Waals surface area contributed by atoms with Crippen LogP contribution >= 0.6 is 11.8 Å².